The second kappa shape index (κ2) is 3.49. The summed E-state index contributed by atoms with van der Waals surface area (Å²) >= 11 is 0. The molecule has 0 aromatic carbocycles. The minimum atomic E-state index is 0.506. The zero-order valence-electron chi connectivity index (χ0n) is 10.0. The summed E-state index contributed by atoms with van der Waals surface area (Å²) in [6.45, 7) is 8.38. The van der Waals surface area contributed by atoms with Gasteiger partial charge in [0.1, 0.15) is 0 Å². The molecule has 0 bridgehead atoms. The molecule has 2 rings (SSSR count). The van der Waals surface area contributed by atoms with Gasteiger partial charge < -0.3 is 0 Å². The zero-order valence-corrected chi connectivity index (χ0v) is 10.0. The number of nitrogens with zero attached hydrogens (tertiary/aromatic N) is 1. The van der Waals surface area contributed by atoms with Gasteiger partial charge >= 0.3 is 0 Å². The van der Waals surface area contributed by atoms with Gasteiger partial charge in [0.25, 0.3) is 0 Å². The smallest absolute Gasteiger partial charge is 0.0281 e. The van der Waals surface area contributed by atoms with Crippen molar-refractivity contribution in [1.29, 1.82) is 0 Å². The maximum atomic E-state index is 3.47. The van der Waals surface area contributed by atoms with E-state index in [9.17, 15) is 0 Å². The van der Waals surface area contributed by atoms with Crippen LogP contribution in [0.25, 0.3) is 0 Å². The lowest BCUT2D eigenvalue weighted by molar-refractivity contribution is 0.0992. The first-order valence-electron chi connectivity index (χ1n) is 5.95. The largest absolute Gasteiger partial charge is 0.255 e. The minimum absolute atomic E-state index is 0.506. The molecular weight excluding hydrogens is 172 g/mol. The monoisotopic (exact) mass is 196 g/mol. The van der Waals surface area contributed by atoms with Crippen molar-refractivity contribution >= 4 is 0 Å². The third-order valence-electron chi connectivity index (χ3n) is 4.27. The number of hydrazine groups is 1. The second-order valence-corrected chi connectivity index (χ2v) is 6.18. The standard InChI is InChI=1S/C12H24N2/c1-12(2,3)10-5-6-11-9(7-10)8-13-14(11)4/h9-11,13H,5-8H2,1-4H3. The SMILES string of the molecule is CN1NCC2CC(C(C)(C)C)CCC21. The lowest BCUT2D eigenvalue weighted by atomic mass is 9.68. The molecular formula is C12H24N2. The van der Waals surface area contributed by atoms with E-state index in [1.807, 2.05) is 0 Å². The molecule has 0 amide bonds. The molecule has 82 valence electrons. The Bertz CT molecular complexity index is 207. The van der Waals surface area contributed by atoms with Crippen molar-refractivity contribution in [2.75, 3.05) is 13.6 Å². The van der Waals surface area contributed by atoms with Gasteiger partial charge in [0.2, 0.25) is 0 Å². The molecule has 14 heavy (non-hydrogen) atoms. The van der Waals surface area contributed by atoms with Gasteiger partial charge in [-0.2, -0.15) is 0 Å². The van der Waals surface area contributed by atoms with Crippen molar-refractivity contribution in [1.82, 2.24) is 10.4 Å². The topological polar surface area (TPSA) is 15.3 Å². The third kappa shape index (κ3) is 1.82. The van der Waals surface area contributed by atoms with Crippen molar-refractivity contribution in [3.63, 3.8) is 0 Å². The van der Waals surface area contributed by atoms with Crippen molar-refractivity contribution in [3.8, 4) is 0 Å². The molecule has 0 radical (unpaired) electrons. The van der Waals surface area contributed by atoms with Crippen LogP contribution in [-0.2, 0) is 0 Å². The van der Waals surface area contributed by atoms with Gasteiger partial charge in [-0.05, 0) is 36.5 Å². The Hall–Kier alpha value is -0.0800. The van der Waals surface area contributed by atoms with Gasteiger partial charge in [0.05, 0.1) is 0 Å². The lowest BCUT2D eigenvalue weighted by Crippen LogP contribution is -2.39. The first kappa shape index (κ1) is 10.4. The molecule has 1 saturated carbocycles. The molecule has 3 atom stereocenters. The van der Waals surface area contributed by atoms with E-state index < -0.39 is 0 Å². The Morgan fingerprint density at radius 3 is 2.57 bits per heavy atom. The molecule has 1 heterocycles. The fourth-order valence-corrected chi connectivity index (χ4v) is 3.14. The van der Waals surface area contributed by atoms with Gasteiger partial charge in [0.15, 0.2) is 0 Å². The summed E-state index contributed by atoms with van der Waals surface area (Å²) in [4.78, 5) is 0. The highest BCUT2D eigenvalue weighted by Crippen LogP contribution is 2.42. The number of nitrogens with one attached hydrogen (secondary N) is 1. The van der Waals surface area contributed by atoms with Gasteiger partial charge in [-0.25, -0.2) is 5.01 Å². The molecule has 2 nitrogen and oxygen atoms in total. The molecule has 2 fully saturated rings. The fourth-order valence-electron chi connectivity index (χ4n) is 3.14. The lowest BCUT2D eigenvalue weighted by Gasteiger charge is -2.40. The molecule has 1 saturated heterocycles. The molecule has 3 unspecified atom stereocenters. The van der Waals surface area contributed by atoms with E-state index in [1.165, 1.54) is 25.8 Å². The molecule has 0 spiro atoms. The summed E-state index contributed by atoms with van der Waals surface area (Å²) < 4.78 is 0. The van der Waals surface area contributed by atoms with Gasteiger partial charge in [0, 0.05) is 19.6 Å². The molecule has 2 aliphatic rings. The van der Waals surface area contributed by atoms with Crippen LogP contribution >= 0.6 is 0 Å². The van der Waals surface area contributed by atoms with Crippen LogP contribution < -0.4 is 5.43 Å². The molecule has 2 heteroatoms. The summed E-state index contributed by atoms with van der Waals surface area (Å²) in [5, 5.41) is 2.34. The molecule has 0 aromatic rings. The Labute approximate surface area is 88.0 Å². The van der Waals surface area contributed by atoms with Gasteiger partial charge in [-0.1, -0.05) is 20.8 Å². The summed E-state index contributed by atoms with van der Waals surface area (Å²) in [5.41, 5.74) is 3.97. The second-order valence-electron chi connectivity index (χ2n) is 6.18. The van der Waals surface area contributed by atoms with Crippen LogP contribution in [0, 0.1) is 17.3 Å². The predicted molar refractivity (Wildman–Crippen MR) is 59.8 cm³/mol. The highest BCUT2D eigenvalue weighted by atomic mass is 15.5. The van der Waals surface area contributed by atoms with Crippen LogP contribution in [0.3, 0.4) is 0 Å². The van der Waals surface area contributed by atoms with Crippen molar-refractivity contribution in [2.45, 2.75) is 46.1 Å². The van der Waals surface area contributed by atoms with Crippen molar-refractivity contribution in [3.05, 3.63) is 0 Å². The first-order chi connectivity index (χ1) is 6.48. The highest BCUT2D eigenvalue weighted by Gasteiger charge is 2.40. The first-order valence-corrected chi connectivity index (χ1v) is 5.95. The van der Waals surface area contributed by atoms with E-state index in [4.69, 9.17) is 0 Å². The van der Waals surface area contributed by atoms with Crippen LogP contribution in [0.2, 0.25) is 0 Å². The predicted octanol–water partition coefficient (Wildman–Crippen LogP) is 2.27. The quantitative estimate of drug-likeness (QED) is 0.639. The van der Waals surface area contributed by atoms with E-state index in [-0.39, 0.29) is 0 Å². The summed E-state index contributed by atoms with van der Waals surface area (Å²) in [5.74, 6) is 1.83. The Balaban J connectivity index is 1.99. The van der Waals surface area contributed by atoms with Crippen LogP contribution in [0.1, 0.15) is 40.0 Å². The summed E-state index contributed by atoms with van der Waals surface area (Å²) in [6, 6.07) is 0.814. The summed E-state index contributed by atoms with van der Waals surface area (Å²) in [7, 11) is 2.20. The Morgan fingerprint density at radius 1 is 1.21 bits per heavy atom. The van der Waals surface area contributed by atoms with E-state index in [2.05, 4.69) is 38.3 Å². The van der Waals surface area contributed by atoms with E-state index in [0.717, 1.165) is 17.9 Å². The van der Waals surface area contributed by atoms with E-state index in [0.29, 0.717) is 5.41 Å². The van der Waals surface area contributed by atoms with Gasteiger partial charge in [-0.15, -0.1) is 0 Å². The van der Waals surface area contributed by atoms with Crippen LogP contribution in [0.4, 0.5) is 0 Å². The Kier molecular flexibility index (Phi) is 2.61. The number of hydrogen-bond donors (Lipinski definition) is 1. The zero-order chi connectivity index (χ0) is 10.3. The highest BCUT2D eigenvalue weighted by molar-refractivity contribution is 4.92. The van der Waals surface area contributed by atoms with Crippen LogP contribution in [0.15, 0.2) is 0 Å². The average molecular weight is 196 g/mol. The average Bonchev–Trinajstić information content (AvgIpc) is 2.46. The minimum Gasteiger partial charge on any atom is -0.255 e. The normalized spacial score (nSPS) is 39.9. The van der Waals surface area contributed by atoms with Gasteiger partial charge in [-0.3, -0.25) is 5.43 Å². The van der Waals surface area contributed by atoms with E-state index >= 15 is 0 Å². The maximum absolute atomic E-state index is 3.47. The van der Waals surface area contributed by atoms with Crippen molar-refractivity contribution < 1.29 is 0 Å². The van der Waals surface area contributed by atoms with Crippen LogP contribution in [-0.4, -0.2) is 24.6 Å². The fraction of sp³-hybridized carbons (Fsp3) is 1.00. The maximum Gasteiger partial charge on any atom is 0.0281 e. The molecule has 1 N–H and O–H groups in total. The molecule has 0 aromatic heterocycles. The Morgan fingerprint density at radius 2 is 1.93 bits per heavy atom. The molecule has 1 aliphatic carbocycles. The van der Waals surface area contributed by atoms with Crippen LogP contribution in [0.5, 0.6) is 0 Å². The number of rotatable bonds is 0. The third-order valence-corrected chi connectivity index (χ3v) is 4.27. The van der Waals surface area contributed by atoms with E-state index in [1.54, 1.807) is 0 Å². The van der Waals surface area contributed by atoms with Crippen molar-refractivity contribution in [2.24, 2.45) is 17.3 Å². The number of fused-ring (bicyclic) bond motifs is 1. The number of hydrogen-bond acceptors (Lipinski definition) is 2. The summed E-state index contributed by atoms with van der Waals surface area (Å²) in [6.07, 6.45) is 4.22. The molecule has 1 aliphatic heterocycles.